The largest absolute Gasteiger partial charge is 0.493 e. The van der Waals surface area contributed by atoms with Gasteiger partial charge < -0.3 is 15.0 Å². The Morgan fingerprint density at radius 2 is 1.90 bits per heavy atom. The average Bonchev–Trinajstić information content (AvgIpc) is 2.98. The molecule has 1 aromatic carbocycles. The number of aromatic nitrogens is 2. The van der Waals surface area contributed by atoms with E-state index < -0.39 is 0 Å². The topological polar surface area (TPSA) is 74.2 Å². The van der Waals surface area contributed by atoms with E-state index in [1.165, 1.54) is 0 Å². The van der Waals surface area contributed by atoms with Crippen molar-refractivity contribution < 1.29 is 9.26 Å². The van der Waals surface area contributed by atoms with Gasteiger partial charge in [0.1, 0.15) is 5.75 Å². The second kappa shape index (κ2) is 6.72. The molecule has 1 aliphatic carbocycles. The summed E-state index contributed by atoms with van der Waals surface area (Å²) in [4.78, 5) is 4.49. The van der Waals surface area contributed by atoms with Crippen molar-refractivity contribution in [1.82, 2.24) is 10.1 Å². The van der Waals surface area contributed by atoms with Crippen LogP contribution in [0.15, 0.2) is 34.9 Å². The van der Waals surface area contributed by atoms with E-state index in [1.54, 1.807) is 0 Å². The molecule has 2 aromatic rings. The van der Waals surface area contributed by atoms with Gasteiger partial charge in [0.05, 0.1) is 6.61 Å². The van der Waals surface area contributed by atoms with Gasteiger partial charge in [-0.15, -0.1) is 0 Å². The first-order valence-electron chi connectivity index (χ1n) is 7.57. The Labute approximate surface area is 124 Å². The molecule has 5 nitrogen and oxygen atoms in total. The molecule has 0 radical (unpaired) electrons. The van der Waals surface area contributed by atoms with E-state index in [2.05, 4.69) is 10.1 Å². The number of nitrogens with zero attached hydrogens (tertiary/aromatic N) is 2. The lowest BCUT2D eigenvalue weighted by atomic mass is 9.86. The van der Waals surface area contributed by atoms with Crippen LogP contribution >= 0.6 is 0 Å². The van der Waals surface area contributed by atoms with E-state index in [4.69, 9.17) is 15.0 Å². The van der Waals surface area contributed by atoms with Crippen molar-refractivity contribution in [3.05, 3.63) is 42.0 Å². The SMILES string of the molecule is NC1CCC(c2nc(CCOc3ccccc3)no2)CC1. The number of benzene rings is 1. The van der Waals surface area contributed by atoms with E-state index in [-0.39, 0.29) is 0 Å². The molecule has 0 bridgehead atoms. The van der Waals surface area contributed by atoms with Gasteiger partial charge in [0.15, 0.2) is 5.82 Å². The number of rotatable bonds is 5. The molecule has 112 valence electrons. The Balaban J connectivity index is 1.49. The van der Waals surface area contributed by atoms with Crippen molar-refractivity contribution in [1.29, 1.82) is 0 Å². The second-order valence-electron chi connectivity index (χ2n) is 5.57. The van der Waals surface area contributed by atoms with Crippen molar-refractivity contribution in [2.45, 2.75) is 44.1 Å². The highest BCUT2D eigenvalue weighted by Crippen LogP contribution is 2.31. The van der Waals surface area contributed by atoms with E-state index in [9.17, 15) is 0 Å². The number of ether oxygens (including phenoxy) is 1. The summed E-state index contributed by atoms with van der Waals surface area (Å²) in [6, 6.07) is 10.1. The van der Waals surface area contributed by atoms with Gasteiger partial charge in [-0.25, -0.2) is 0 Å². The molecule has 0 saturated heterocycles. The Morgan fingerprint density at radius 3 is 2.67 bits per heavy atom. The zero-order chi connectivity index (χ0) is 14.5. The minimum Gasteiger partial charge on any atom is -0.493 e. The average molecular weight is 287 g/mol. The highest BCUT2D eigenvalue weighted by atomic mass is 16.5. The Kier molecular flexibility index (Phi) is 4.50. The Morgan fingerprint density at radius 1 is 1.14 bits per heavy atom. The van der Waals surface area contributed by atoms with Gasteiger partial charge in [0.25, 0.3) is 0 Å². The number of nitrogens with two attached hydrogens (primary N) is 1. The Bertz CT molecular complexity index is 548. The predicted molar refractivity (Wildman–Crippen MR) is 79.1 cm³/mol. The van der Waals surface area contributed by atoms with Gasteiger partial charge in [-0.2, -0.15) is 4.98 Å². The van der Waals surface area contributed by atoms with E-state index in [0.29, 0.717) is 25.0 Å². The maximum absolute atomic E-state index is 5.92. The van der Waals surface area contributed by atoms with Crippen LogP contribution in [0.25, 0.3) is 0 Å². The molecule has 1 fully saturated rings. The predicted octanol–water partition coefficient (Wildman–Crippen LogP) is 2.68. The third-order valence-electron chi connectivity index (χ3n) is 3.94. The maximum Gasteiger partial charge on any atom is 0.229 e. The van der Waals surface area contributed by atoms with Crippen LogP contribution in [0.3, 0.4) is 0 Å². The summed E-state index contributed by atoms with van der Waals surface area (Å²) in [5, 5.41) is 4.04. The fourth-order valence-electron chi connectivity index (χ4n) is 2.68. The molecular formula is C16H21N3O2. The minimum absolute atomic E-state index is 0.336. The standard InChI is InChI=1S/C16H21N3O2/c17-13-8-6-12(7-9-13)16-18-15(19-21-16)10-11-20-14-4-2-1-3-5-14/h1-5,12-13H,6-11,17H2. The molecule has 1 aliphatic rings. The van der Waals surface area contributed by atoms with E-state index in [0.717, 1.165) is 43.1 Å². The monoisotopic (exact) mass is 287 g/mol. The molecule has 1 saturated carbocycles. The summed E-state index contributed by atoms with van der Waals surface area (Å²) in [5.74, 6) is 2.72. The highest BCUT2D eigenvalue weighted by Gasteiger charge is 2.24. The van der Waals surface area contributed by atoms with Crippen LogP contribution in [0.5, 0.6) is 5.75 Å². The molecule has 0 amide bonds. The highest BCUT2D eigenvalue weighted by molar-refractivity contribution is 5.20. The quantitative estimate of drug-likeness (QED) is 0.915. The fourth-order valence-corrected chi connectivity index (χ4v) is 2.68. The summed E-state index contributed by atoms with van der Waals surface area (Å²) in [6.45, 7) is 0.554. The Hall–Kier alpha value is -1.88. The van der Waals surface area contributed by atoms with Gasteiger partial charge in [-0.3, -0.25) is 0 Å². The van der Waals surface area contributed by atoms with Crippen LogP contribution in [-0.4, -0.2) is 22.8 Å². The molecule has 0 aliphatic heterocycles. The lowest BCUT2D eigenvalue weighted by Gasteiger charge is -2.22. The minimum atomic E-state index is 0.336. The second-order valence-corrected chi connectivity index (χ2v) is 5.57. The smallest absolute Gasteiger partial charge is 0.229 e. The normalized spacial score (nSPS) is 22.1. The van der Waals surface area contributed by atoms with Gasteiger partial charge in [-0.05, 0) is 37.8 Å². The molecule has 0 unspecified atom stereocenters. The summed E-state index contributed by atoms with van der Waals surface area (Å²) in [6.07, 6.45) is 4.83. The van der Waals surface area contributed by atoms with E-state index >= 15 is 0 Å². The van der Waals surface area contributed by atoms with Crippen LogP contribution in [0.1, 0.15) is 43.3 Å². The summed E-state index contributed by atoms with van der Waals surface area (Å²) < 4.78 is 11.0. The number of hydrogen-bond acceptors (Lipinski definition) is 5. The molecule has 21 heavy (non-hydrogen) atoms. The molecule has 5 heteroatoms. The molecule has 2 N–H and O–H groups in total. The zero-order valence-corrected chi connectivity index (χ0v) is 12.1. The van der Waals surface area contributed by atoms with Gasteiger partial charge in [0, 0.05) is 18.4 Å². The van der Waals surface area contributed by atoms with Crippen molar-refractivity contribution in [2.24, 2.45) is 5.73 Å². The van der Waals surface area contributed by atoms with Gasteiger partial charge in [0.2, 0.25) is 5.89 Å². The maximum atomic E-state index is 5.92. The van der Waals surface area contributed by atoms with Crippen LogP contribution in [0.2, 0.25) is 0 Å². The molecule has 0 atom stereocenters. The molecular weight excluding hydrogens is 266 g/mol. The van der Waals surface area contributed by atoms with Crippen LogP contribution < -0.4 is 10.5 Å². The summed E-state index contributed by atoms with van der Waals surface area (Å²) in [5.41, 5.74) is 5.92. The van der Waals surface area contributed by atoms with Crippen molar-refractivity contribution in [3.8, 4) is 5.75 Å². The van der Waals surface area contributed by atoms with E-state index in [1.807, 2.05) is 30.3 Å². The first-order chi connectivity index (χ1) is 10.3. The lowest BCUT2D eigenvalue weighted by molar-refractivity contribution is 0.295. The molecule has 0 spiro atoms. The molecule has 1 heterocycles. The molecule has 3 rings (SSSR count). The fraction of sp³-hybridized carbons (Fsp3) is 0.500. The number of para-hydroxylation sites is 1. The van der Waals surface area contributed by atoms with Gasteiger partial charge >= 0.3 is 0 Å². The zero-order valence-electron chi connectivity index (χ0n) is 12.1. The third-order valence-corrected chi connectivity index (χ3v) is 3.94. The molecule has 1 aromatic heterocycles. The van der Waals surface area contributed by atoms with Crippen molar-refractivity contribution >= 4 is 0 Å². The number of hydrogen-bond donors (Lipinski definition) is 1. The van der Waals surface area contributed by atoms with Gasteiger partial charge in [-0.1, -0.05) is 23.4 Å². The van der Waals surface area contributed by atoms with Crippen LogP contribution in [0.4, 0.5) is 0 Å². The summed E-state index contributed by atoms with van der Waals surface area (Å²) >= 11 is 0. The van der Waals surface area contributed by atoms with Crippen molar-refractivity contribution in [2.75, 3.05) is 6.61 Å². The first-order valence-corrected chi connectivity index (χ1v) is 7.57. The van der Waals surface area contributed by atoms with Crippen LogP contribution in [0, 0.1) is 0 Å². The third kappa shape index (κ3) is 3.82. The summed E-state index contributed by atoms with van der Waals surface area (Å²) in [7, 11) is 0. The van der Waals surface area contributed by atoms with Crippen LogP contribution in [-0.2, 0) is 6.42 Å². The van der Waals surface area contributed by atoms with Crippen molar-refractivity contribution in [3.63, 3.8) is 0 Å². The lowest BCUT2D eigenvalue weighted by Crippen LogP contribution is -2.25. The first kappa shape index (κ1) is 14.1.